The minimum atomic E-state index is 0.143. The summed E-state index contributed by atoms with van der Waals surface area (Å²) in [6.45, 7) is 11.3. The lowest BCUT2D eigenvalue weighted by molar-refractivity contribution is -0.900. The third-order valence-electron chi connectivity index (χ3n) is 4.22. The summed E-state index contributed by atoms with van der Waals surface area (Å²) >= 11 is 0. The first-order valence-electron chi connectivity index (χ1n) is 7.67. The maximum Gasteiger partial charge on any atom is 0.279 e. The minimum absolute atomic E-state index is 0.143. The molecule has 2 N–H and O–H groups in total. The van der Waals surface area contributed by atoms with E-state index in [1.54, 1.807) is 0 Å². The van der Waals surface area contributed by atoms with Crippen molar-refractivity contribution >= 4 is 11.6 Å². The monoisotopic (exact) mass is 275 g/mol. The smallest absolute Gasteiger partial charge is 0.279 e. The summed E-state index contributed by atoms with van der Waals surface area (Å²) in [4.78, 5) is 13.7. The van der Waals surface area contributed by atoms with Gasteiger partial charge in [0, 0.05) is 11.6 Å². The van der Waals surface area contributed by atoms with Crippen LogP contribution in [0.2, 0.25) is 0 Å². The fraction of sp³-hybridized carbons (Fsp3) is 0.588. The number of anilines is 1. The van der Waals surface area contributed by atoms with E-state index in [9.17, 15) is 4.79 Å². The van der Waals surface area contributed by atoms with Gasteiger partial charge in [-0.25, -0.2) is 0 Å². The number of carbonyl (C=O) groups excluding carboxylic acids is 1. The molecule has 3 heteroatoms. The molecule has 1 aliphatic heterocycles. The predicted molar refractivity (Wildman–Crippen MR) is 83.2 cm³/mol. The number of carbonyl (C=O) groups is 1. The number of amides is 1. The Morgan fingerprint density at radius 2 is 1.95 bits per heavy atom. The number of quaternary nitrogens is 1. The number of nitrogens with one attached hydrogen (secondary N) is 2. The largest absolute Gasteiger partial charge is 0.327 e. The molecule has 1 aromatic rings. The Bertz CT molecular complexity index is 473. The lowest BCUT2D eigenvalue weighted by Gasteiger charge is -2.27. The standard InChI is InChI=1S/C17H26N2O/c1-12-6-5-7-19(10-12)11-16(20)18-17-14(3)8-13(2)9-15(17)4/h8-9,12H,5-7,10-11H2,1-4H3,(H,18,20)/p+1/t12-/m1/s1. The van der Waals surface area contributed by atoms with Crippen LogP contribution in [0.3, 0.4) is 0 Å². The first-order chi connectivity index (χ1) is 9.45. The third kappa shape index (κ3) is 3.83. The molecule has 0 spiro atoms. The molecule has 1 amide bonds. The molecule has 1 heterocycles. The number of hydrogen-bond acceptors (Lipinski definition) is 1. The highest BCUT2D eigenvalue weighted by Gasteiger charge is 2.22. The van der Waals surface area contributed by atoms with Crippen LogP contribution >= 0.6 is 0 Å². The number of piperidine rings is 1. The second-order valence-corrected chi connectivity index (χ2v) is 6.45. The van der Waals surface area contributed by atoms with Crippen LogP contribution in [-0.2, 0) is 4.79 Å². The lowest BCUT2D eigenvalue weighted by atomic mass is 10.0. The van der Waals surface area contributed by atoms with E-state index in [1.165, 1.54) is 23.3 Å². The van der Waals surface area contributed by atoms with Crippen LogP contribution in [0.25, 0.3) is 0 Å². The number of aryl methyl sites for hydroxylation is 3. The molecule has 110 valence electrons. The Morgan fingerprint density at radius 3 is 2.55 bits per heavy atom. The third-order valence-corrected chi connectivity index (χ3v) is 4.22. The van der Waals surface area contributed by atoms with E-state index < -0.39 is 0 Å². The Hall–Kier alpha value is -1.35. The van der Waals surface area contributed by atoms with Crippen molar-refractivity contribution in [3.8, 4) is 0 Å². The van der Waals surface area contributed by atoms with Gasteiger partial charge in [-0.2, -0.15) is 0 Å². The Labute approximate surface area is 122 Å². The summed E-state index contributed by atoms with van der Waals surface area (Å²) in [6.07, 6.45) is 2.55. The van der Waals surface area contributed by atoms with Crippen LogP contribution in [0, 0.1) is 26.7 Å². The van der Waals surface area contributed by atoms with E-state index in [-0.39, 0.29) is 5.91 Å². The Morgan fingerprint density at radius 1 is 1.30 bits per heavy atom. The molecule has 1 saturated heterocycles. The molecule has 0 saturated carbocycles. The van der Waals surface area contributed by atoms with Crippen molar-refractivity contribution in [2.45, 2.75) is 40.5 Å². The highest BCUT2D eigenvalue weighted by atomic mass is 16.2. The van der Waals surface area contributed by atoms with Crippen molar-refractivity contribution in [1.29, 1.82) is 0 Å². The Balaban J connectivity index is 1.98. The number of likely N-dealkylation sites (tertiary alicyclic amines) is 1. The highest BCUT2D eigenvalue weighted by molar-refractivity contribution is 5.93. The SMILES string of the molecule is Cc1cc(C)c(NC(=O)C[NH+]2CCC[C@@H](C)C2)c(C)c1. The summed E-state index contributed by atoms with van der Waals surface area (Å²) in [6, 6.07) is 4.25. The zero-order chi connectivity index (χ0) is 14.7. The Kier molecular flexibility index (Phi) is 4.81. The molecule has 1 unspecified atom stereocenters. The van der Waals surface area contributed by atoms with Crippen molar-refractivity contribution < 1.29 is 9.69 Å². The molecule has 0 aliphatic carbocycles. The molecular weight excluding hydrogens is 248 g/mol. The van der Waals surface area contributed by atoms with E-state index in [2.05, 4.69) is 45.1 Å². The molecule has 2 rings (SSSR count). The molecule has 0 bridgehead atoms. The summed E-state index contributed by atoms with van der Waals surface area (Å²) in [5, 5.41) is 3.11. The van der Waals surface area contributed by atoms with Crippen molar-refractivity contribution in [1.82, 2.24) is 0 Å². The molecule has 0 radical (unpaired) electrons. The van der Waals surface area contributed by atoms with Crippen molar-refractivity contribution in [3.63, 3.8) is 0 Å². The van der Waals surface area contributed by atoms with Crippen LogP contribution in [0.5, 0.6) is 0 Å². The van der Waals surface area contributed by atoms with Gasteiger partial charge in [0.05, 0.1) is 13.1 Å². The predicted octanol–water partition coefficient (Wildman–Crippen LogP) is 1.87. The van der Waals surface area contributed by atoms with Crippen LogP contribution in [0.15, 0.2) is 12.1 Å². The summed E-state index contributed by atoms with van der Waals surface area (Å²) in [5.74, 6) is 0.888. The summed E-state index contributed by atoms with van der Waals surface area (Å²) in [5.41, 5.74) is 4.54. The topological polar surface area (TPSA) is 33.5 Å². The number of hydrogen-bond donors (Lipinski definition) is 2. The molecule has 2 atom stereocenters. The zero-order valence-corrected chi connectivity index (χ0v) is 13.2. The second kappa shape index (κ2) is 6.40. The molecule has 1 fully saturated rings. The van der Waals surface area contributed by atoms with E-state index in [0.717, 1.165) is 35.8 Å². The molecule has 0 aromatic heterocycles. The average Bonchev–Trinajstić information content (AvgIpc) is 2.33. The van der Waals surface area contributed by atoms with Gasteiger partial charge >= 0.3 is 0 Å². The van der Waals surface area contributed by atoms with Gasteiger partial charge in [-0.05, 0) is 44.7 Å². The van der Waals surface area contributed by atoms with Gasteiger partial charge in [-0.15, -0.1) is 0 Å². The highest BCUT2D eigenvalue weighted by Crippen LogP contribution is 2.21. The zero-order valence-electron chi connectivity index (χ0n) is 13.2. The van der Waals surface area contributed by atoms with Crippen molar-refractivity contribution in [3.05, 3.63) is 28.8 Å². The van der Waals surface area contributed by atoms with Crippen LogP contribution in [0.4, 0.5) is 5.69 Å². The number of rotatable bonds is 3. The fourth-order valence-corrected chi connectivity index (χ4v) is 3.35. The second-order valence-electron chi connectivity index (χ2n) is 6.45. The minimum Gasteiger partial charge on any atom is -0.327 e. The molecule has 20 heavy (non-hydrogen) atoms. The molecule has 3 nitrogen and oxygen atoms in total. The van der Waals surface area contributed by atoms with Gasteiger partial charge in [0.25, 0.3) is 5.91 Å². The fourth-order valence-electron chi connectivity index (χ4n) is 3.35. The van der Waals surface area contributed by atoms with E-state index in [4.69, 9.17) is 0 Å². The van der Waals surface area contributed by atoms with E-state index in [0.29, 0.717) is 6.54 Å². The van der Waals surface area contributed by atoms with Gasteiger partial charge in [-0.1, -0.05) is 24.6 Å². The summed E-state index contributed by atoms with van der Waals surface area (Å²) in [7, 11) is 0. The maximum atomic E-state index is 12.2. The normalized spacial score (nSPS) is 22.6. The van der Waals surface area contributed by atoms with Crippen molar-refractivity contribution in [2.75, 3.05) is 25.0 Å². The quantitative estimate of drug-likeness (QED) is 0.867. The van der Waals surface area contributed by atoms with Gasteiger partial charge in [0.2, 0.25) is 0 Å². The summed E-state index contributed by atoms with van der Waals surface area (Å²) < 4.78 is 0. The van der Waals surface area contributed by atoms with Crippen LogP contribution in [-0.4, -0.2) is 25.5 Å². The van der Waals surface area contributed by atoms with E-state index in [1.807, 2.05) is 0 Å². The van der Waals surface area contributed by atoms with E-state index >= 15 is 0 Å². The van der Waals surface area contributed by atoms with Crippen molar-refractivity contribution in [2.24, 2.45) is 5.92 Å². The molecular formula is C17H27N2O+. The van der Waals surface area contributed by atoms with Gasteiger partial charge in [-0.3, -0.25) is 4.79 Å². The van der Waals surface area contributed by atoms with Gasteiger partial charge in [0.1, 0.15) is 0 Å². The first kappa shape index (κ1) is 15.0. The lowest BCUT2D eigenvalue weighted by Crippen LogP contribution is -3.14. The van der Waals surface area contributed by atoms with Gasteiger partial charge < -0.3 is 10.2 Å². The average molecular weight is 275 g/mol. The first-order valence-corrected chi connectivity index (χ1v) is 7.67. The maximum absolute atomic E-state index is 12.2. The van der Waals surface area contributed by atoms with Crippen LogP contribution in [0.1, 0.15) is 36.5 Å². The van der Waals surface area contributed by atoms with Crippen LogP contribution < -0.4 is 10.2 Å². The van der Waals surface area contributed by atoms with Gasteiger partial charge in [0.15, 0.2) is 6.54 Å². The molecule has 1 aliphatic rings. The molecule has 1 aromatic carbocycles. The number of benzene rings is 1.